The van der Waals surface area contributed by atoms with Gasteiger partial charge in [-0.3, -0.25) is 19.4 Å². The quantitative estimate of drug-likeness (QED) is 0.444. The molecule has 3 aromatic rings. The lowest BCUT2D eigenvalue weighted by molar-refractivity contribution is -0.150. The Bertz CT molecular complexity index is 1350. The Morgan fingerprint density at radius 2 is 1.38 bits per heavy atom. The van der Waals surface area contributed by atoms with E-state index in [-0.39, 0.29) is 6.42 Å². The lowest BCUT2D eigenvalue weighted by Crippen LogP contribution is -2.56. The molecule has 0 saturated heterocycles. The number of hydrogen-bond donors (Lipinski definition) is 3. The highest BCUT2D eigenvalue weighted by Gasteiger charge is 2.56. The Balaban J connectivity index is 1.75. The zero-order valence-electron chi connectivity index (χ0n) is 21.8. The van der Waals surface area contributed by atoms with Crippen molar-refractivity contribution in [2.75, 3.05) is 10.6 Å². The topological polar surface area (TPSA) is 108 Å². The number of nitrogens with zero attached hydrogens (tertiary/aromatic N) is 1. The molecule has 1 aliphatic rings. The summed E-state index contributed by atoms with van der Waals surface area (Å²) in [4.78, 5) is 44.9. The van der Waals surface area contributed by atoms with Gasteiger partial charge in [0.2, 0.25) is 11.8 Å². The van der Waals surface area contributed by atoms with Crippen molar-refractivity contribution in [2.45, 2.75) is 52.6 Å². The first-order valence-corrected chi connectivity index (χ1v) is 12.4. The van der Waals surface area contributed by atoms with E-state index in [1.165, 1.54) is 6.92 Å². The molecule has 7 nitrogen and oxygen atoms in total. The molecule has 4 atom stereocenters. The fraction of sp³-hybridized carbons (Fsp3) is 0.333. The van der Waals surface area contributed by atoms with E-state index >= 15 is 0 Å². The van der Waals surface area contributed by atoms with Crippen LogP contribution in [0.2, 0.25) is 0 Å². The number of carbonyl (C=O) groups excluding carboxylic acids is 3. The number of ketones is 1. The van der Waals surface area contributed by atoms with Gasteiger partial charge in [0.25, 0.3) is 0 Å². The maximum absolute atomic E-state index is 13.8. The zero-order chi connectivity index (χ0) is 26.9. The van der Waals surface area contributed by atoms with Crippen molar-refractivity contribution in [1.82, 2.24) is 4.98 Å². The van der Waals surface area contributed by atoms with Gasteiger partial charge in [-0.25, -0.2) is 0 Å². The minimum absolute atomic E-state index is 0.315. The molecule has 1 saturated carbocycles. The van der Waals surface area contributed by atoms with E-state index in [4.69, 9.17) is 0 Å². The number of nitrogens with one attached hydrogen (secondary N) is 2. The Hall–Kier alpha value is -3.84. The van der Waals surface area contributed by atoms with Crippen LogP contribution < -0.4 is 10.6 Å². The molecule has 0 bridgehead atoms. The normalized spacial score (nSPS) is 23.4. The van der Waals surface area contributed by atoms with E-state index < -0.39 is 41.0 Å². The van der Waals surface area contributed by atoms with E-state index in [0.29, 0.717) is 16.9 Å². The van der Waals surface area contributed by atoms with Crippen molar-refractivity contribution in [1.29, 1.82) is 0 Å². The van der Waals surface area contributed by atoms with Crippen LogP contribution in [-0.2, 0) is 14.4 Å². The number of rotatable bonds is 5. The van der Waals surface area contributed by atoms with Gasteiger partial charge in [0.05, 0.1) is 11.5 Å². The van der Waals surface area contributed by atoms with Gasteiger partial charge in [-0.1, -0.05) is 35.4 Å². The van der Waals surface area contributed by atoms with Gasteiger partial charge in [-0.05, 0) is 75.6 Å². The second-order valence-electron chi connectivity index (χ2n) is 10.4. The summed E-state index contributed by atoms with van der Waals surface area (Å²) in [7, 11) is 0. The van der Waals surface area contributed by atoms with Gasteiger partial charge < -0.3 is 15.7 Å². The van der Waals surface area contributed by atoms with E-state index in [1.807, 2.05) is 58.0 Å². The molecule has 0 spiro atoms. The van der Waals surface area contributed by atoms with Crippen molar-refractivity contribution in [3.05, 3.63) is 88.7 Å². The first kappa shape index (κ1) is 26.2. The van der Waals surface area contributed by atoms with Crippen LogP contribution in [0, 0.1) is 39.5 Å². The highest BCUT2D eigenvalue weighted by molar-refractivity contribution is 6.10. The highest BCUT2D eigenvalue weighted by atomic mass is 16.3. The van der Waals surface area contributed by atoms with Crippen LogP contribution in [0.4, 0.5) is 11.4 Å². The average molecular weight is 500 g/mol. The summed E-state index contributed by atoms with van der Waals surface area (Å²) in [6, 6.07) is 14.7. The summed E-state index contributed by atoms with van der Waals surface area (Å²) in [6.45, 7) is 9.20. The number of anilines is 2. The minimum Gasteiger partial charge on any atom is -0.389 e. The molecule has 192 valence electrons. The predicted octanol–water partition coefficient (Wildman–Crippen LogP) is 4.63. The van der Waals surface area contributed by atoms with Crippen molar-refractivity contribution >= 4 is 29.0 Å². The first-order valence-electron chi connectivity index (χ1n) is 12.4. The number of hydrogen-bond acceptors (Lipinski definition) is 5. The summed E-state index contributed by atoms with van der Waals surface area (Å²) in [5.41, 5.74) is 4.01. The maximum atomic E-state index is 13.8. The lowest BCUT2D eigenvalue weighted by Gasteiger charge is -2.44. The number of amides is 2. The molecular formula is C30H33N3O4. The fourth-order valence-corrected chi connectivity index (χ4v) is 5.41. The van der Waals surface area contributed by atoms with Gasteiger partial charge in [0, 0.05) is 36.1 Å². The van der Waals surface area contributed by atoms with Crippen LogP contribution in [-0.4, -0.2) is 33.3 Å². The fourth-order valence-electron chi connectivity index (χ4n) is 5.41. The second-order valence-corrected chi connectivity index (χ2v) is 10.4. The molecule has 0 unspecified atom stereocenters. The minimum atomic E-state index is -1.66. The molecule has 0 aliphatic heterocycles. The molecule has 1 heterocycles. The second kappa shape index (κ2) is 10.3. The van der Waals surface area contributed by atoms with Gasteiger partial charge >= 0.3 is 0 Å². The predicted molar refractivity (Wildman–Crippen MR) is 143 cm³/mol. The third-order valence-electron chi connectivity index (χ3n) is 7.20. The third-order valence-corrected chi connectivity index (χ3v) is 7.20. The molecule has 3 N–H and O–H groups in total. The van der Waals surface area contributed by atoms with Crippen LogP contribution in [0.3, 0.4) is 0 Å². The standard InChI is InChI=1S/C30H33N3O4/c1-17-6-8-22(19(3)14-17)32-28(35)26-24(34)16-30(5,37)27(25(26)21-10-12-31-13-11-21)29(36)33-23-9-7-18(2)15-20(23)4/h6-15,25-27,37H,16H2,1-5H3,(H,32,35)(H,33,36)/t25-,26+,27+,30-/m0/s1. The summed E-state index contributed by atoms with van der Waals surface area (Å²) < 4.78 is 0. The van der Waals surface area contributed by atoms with Gasteiger partial charge in [-0.15, -0.1) is 0 Å². The van der Waals surface area contributed by atoms with Gasteiger partial charge in [-0.2, -0.15) is 0 Å². The number of aryl methyl sites for hydroxylation is 4. The number of pyridine rings is 1. The van der Waals surface area contributed by atoms with Crippen LogP contribution in [0.1, 0.15) is 47.1 Å². The Labute approximate surface area is 217 Å². The molecule has 37 heavy (non-hydrogen) atoms. The Morgan fingerprint density at radius 1 is 0.865 bits per heavy atom. The summed E-state index contributed by atoms with van der Waals surface area (Å²) in [6.07, 6.45) is 2.80. The van der Waals surface area contributed by atoms with Crippen LogP contribution in [0.5, 0.6) is 0 Å². The lowest BCUT2D eigenvalue weighted by atomic mass is 9.61. The van der Waals surface area contributed by atoms with Crippen molar-refractivity contribution in [3.63, 3.8) is 0 Å². The molecule has 7 heteroatoms. The van der Waals surface area contributed by atoms with E-state index in [0.717, 1.165) is 22.3 Å². The molecule has 1 aliphatic carbocycles. The van der Waals surface area contributed by atoms with E-state index in [9.17, 15) is 19.5 Å². The van der Waals surface area contributed by atoms with Gasteiger partial charge in [0.1, 0.15) is 11.7 Å². The Kier molecular flexibility index (Phi) is 7.28. The highest BCUT2D eigenvalue weighted by Crippen LogP contribution is 2.46. The van der Waals surface area contributed by atoms with E-state index in [1.54, 1.807) is 30.6 Å². The smallest absolute Gasteiger partial charge is 0.235 e. The number of aromatic nitrogens is 1. The SMILES string of the molecule is Cc1ccc(NC(=O)[C@@H]2C(=O)C[C@](C)(O)[C@@H](C(=O)Nc3ccc(C)cc3C)[C@H]2c2ccncc2)c(C)c1. The number of Topliss-reactive ketones (excluding diaryl/α,β-unsaturated/α-hetero) is 1. The summed E-state index contributed by atoms with van der Waals surface area (Å²) in [5.74, 6) is -4.49. The average Bonchev–Trinajstić information content (AvgIpc) is 2.82. The molecule has 2 aromatic carbocycles. The molecule has 1 fully saturated rings. The summed E-state index contributed by atoms with van der Waals surface area (Å²) in [5, 5.41) is 17.3. The number of benzene rings is 2. The molecule has 1 aromatic heterocycles. The zero-order valence-corrected chi connectivity index (χ0v) is 21.8. The molecule has 0 radical (unpaired) electrons. The van der Waals surface area contributed by atoms with Crippen LogP contribution >= 0.6 is 0 Å². The number of aliphatic hydroxyl groups is 1. The molecule has 2 amide bonds. The van der Waals surface area contributed by atoms with Crippen LogP contribution in [0.25, 0.3) is 0 Å². The number of carbonyl (C=O) groups is 3. The van der Waals surface area contributed by atoms with E-state index in [2.05, 4.69) is 15.6 Å². The molecular weight excluding hydrogens is 466 g/mol. The first-order chi connectivity index (χ1) is 17.5. The van der Waals surface area contributed by atoms with Crippen LogP contribution in [0.15, 0.2) is 60.9 Å². The molecule has 4 rings (SSSR count). The Morgan fingerprint density at radius 3 is 1.89 bits per heavy atom. The third kappa shape index (κ3) is 5.47. The van der Waals surface area contributed by atoms with Crippen molar-refractivity contribution in [3.8, 4) is 0 Å². The monoisotopic (exact) mass is 499 g/mol. The van der Waals surface area contributed by atoms with Gasteiger partial charge in [0.15, 0.2) is 0 Å². The largest absolute Gasteiger partial charge is 0.389 e. The van der Waals surface area contributed by atoms with Crippen molar-refractivity contribution < 1.29 is 19.5 Å². The maximum Gasteiger partial charge on any atom is 0.235 e. The van der Waals surface area contributed by atoms with Crippen molar-refractivity contribution in [2.24, 2.45) is 11.8 Å². The summed E-state index contributed by atoms with van der Waals surface area (Å²) >= 11 is 0.